The fraction of sp³-hybridized carbons (Fsp3) is 0.250. The van der Waals surface area contributed by atoms with Gasteiger partial charge in [0, 0.05) is 20.4 Å². The normalized spacial score (nSPS) is 14.2. The van der Waals surface area contributed by atoms with Crippen LogP contribution in [0.4, 0.5) is 30.7 Å². The number of rotatable bonds is 5. The summed E-state index contributed by atoms with van der Waals surface area (Å²) in [4.78, 5) is -0.880. The molecule has 1 atom stereocenters. The highest BCUT2D eigenvalue weighted by Gasteiger charge is 2.76. The summed E-state index contributed by atoms with van der Waals surface area (Å²) in [7, 11) is -4.03. The molecule has 0 saturated carbocycles. The van der Waals surface area contributed by atoms with Gasteiger partial charge in [0.2, 0.25) is 0 Å². The molecule has 0 radical (unpaired) electrons. The Hall–Kier alpha value is -0.650. The molecule has 0 amide bonds. The van der Waals surface area contributed by atoms with Crippen LogP contribution in [0.5, 0.6) is 0 Å². The maximum absolute atomic E-state index is 14.0. The Morgan fingerprint density at radius 2 is 1.54 bits per heavy atom. The van der Waals surface area contributed by atoms with Gasteiger partial charge < -0.3 is 0 Å². The van der Waals surface area contributed by atoms with Crippen LogP contribution in [0.15, 0.2) is 50.2 Å². The average molecular weight is 577 g/mol. The molecule has 0 fully saturated rings. The van der Waals surface area contributed by atoms with E-state index < -0.39 is 33.0 Å². The standard InChI is InChI=1S/C16H8Br2ClF7OS/c17-9-6-11(18)10(5-8-3-1-2-4-12(8)19)13(7-9)28(27)16(25,26)14(20,21)15(22,23)24/h1-4,6-7H,5H2. The molecule has 0 N–H and O–H groups in total. The topological polar surface area (TPSA) is 17.1 Å². The Balaban J connectivity index is 2.62. The van der Waals surface area contributed by atoms with Crippen molar-refractivity contribution in [2.24, 2.45) is 0 Å². The van der Waals surface area contributed by atoms with Crippen LogP contribution in [-0.4, -0.2) is 21.6 Å². The zero-order valence-corrected chi connectivity index (χ0v) is 18.0. The third-order valence-corrected chi connectivity index (χ3v) is 6.62. The fourth-order valence-corrected chi connectivity index (χ4v) is 5.28. The highest BCUT2D eigenvalue weighted by Crippen LogP contribution is 2.50. The van der Waals surface area contributed by atoms with Crippen LogP contribution in [0, 0.1) is 0 Å². The molecule has 0 aliphatic heterocycles. The summed E-state index contributed by atoms with van der Waals surface area (Å²) < 4.78 is 105. The summed E-state index contributed by atoms with van der Waals surface area (Å²) in [5.41, 5.74) is 0.212. The van der Waals surface area contributed by atoms with E-state index in [9.17, 15) is 34.9 Å². The lowest BCUT2D eigenvalue weighted by Crippen LogP contribution is -2.54. The molecule has 2 aromatic rings. The molecule has 2 aromatic carbocycles. The molecule has 0 aliphatic rings. The second kappa shape index (κ2) is 8.23. The lowest BCUT2D eigenvalue weighted by molar-refractivity contribution is -0.331. The zero-order chi connectivity index (χ0) is 21.5. The van der Waals surface area contributed by atoms with Crippen molar-refractivity contribution in [2.75, 3.05) is 0 Å². The van der Waals surface area contributed by atoms with Crippen molar-refractivity contribution in [1.82, 2.24) is 0 Å². The first-order valence-electron chi connectivity index (χ1n) is 7.15. The minimum absolute atomic E-state index is 0.0526. The van der Waals surface area contributed by atoms with Crippen molar-refractivity contribution in [1.29, 1.82) is 0 Å². The molecule has 0 bridgehead atoms. The third kappa shape index (κ3) is 4.41. The molecule has 0 aromatic heterocycles. The molecule has 28 heavy (non-hydrogen) atoms. The van der Waals surface area contributed by atoms with E-state index in [4.69, 9.17) is 11.6 Å². The minimum Gasteiger partial charge on any atom is -0.248 e. The molecule has 2 rings (SSSR count). The molecule has 0 saturated heterocycles. The zero-order valence-electron chi connectivity index (χ0n) is 13.3. The first-order chi connectivity index (χ1) is 12.7. The average Bonchev–Trinajstić information content (AvgIpc) is 2.56. The van der Waals surface area contributed by atoms with Crippen LogP contribution in [0.1, 0.15) is 11.1 Å². The van der Waals surface area contributed by atoms with Crippen LogP contribution in [0.3, 0.4) is 0 Å². The quantitative estimate of drug-likeness (QED) is 0.340. The van der Waals surface area contributed by atoms with E-state index in [1.165, 1.54) is 18.2 Å². The Kier molecular flexibility index (Phi) is 6.95. The van der Waals surface area contributed by atoms with Gasteiger partial charge in [-0.3, -0.25) is 0 Å². The Morgan fingerprint density at radius 3 is 2.07 bits per heavy atom. The second-order valence-electron chi connectivity index (χ2n) is 5.49. The van der Waals surface area contributed by atoms with Gasteiger partial charge in [-0.05, 0) is 29.3 Å². The van der Waals surface area contributed by atoms with Crippen molar-refractivity contribution >= 4 is 54.3 Å². The molecular weight excluding hydrogens is 568 g/mol. The van der Waals surface area contributed by atoms with Gasteiger partial charge in [-0.25, -0.2) is 4.21 Å². The van der Waals surface area contributed by atoms with Crippen LogP contribution >= 0.6 is 43.5 Å². The molecule has 0 heterocycles. The number of hydrogen-bond donors (Lipinski definition) is 0. The lowest BCUT2D eigenvalue weighted by atomic mass is 10.1. The minimum atomic E-state index is -6.59. The van der Waals surface area contributed by atoms with E-state index >= 15 is 0 Å². The van der Waals surface area contributed by atoms with Gasteiger partial charge in [-0.1, -0.05) is 61.7 Å². The smallest absolute Gasteiger partial charge is 0.248 e. The van der Waals surface area contributed by atoms with Crippen molar-refractivity contribution < 1.29 is 34.9 Å². The van der Waals surface area contributed by atoms with E-state index in [1.807, 2.05) is 0 Å². The van der Waals surface area contributed by atoms with Crippen molar-refractivity contribution in [3.63, 3.8) is 0 Å². The molecule has 0 aliphatic carbocycles. The van der Waals surface area contributed by atoms with E-state index in [1.54, 1.807) is 12.1 Å². The summed E-state index contributed by atoms with van der Waals surface area (Å²) >= 11 is 12.0. The van der Waals surface area contributed by atoms with Gasteiger partial charge in [-0.15, -0.1) is 0 Å². The molecule has 1 nitrogen and oxygen atoms in total. The predicted octanol–water partition coefficient (Wildman–Crippen LogP) is 7.35. The van der Waals surface area contributed by atoms with Gasteiger partial charge in [-0.2, -0.15) is 30.7 Å². The van der Waals surface area contributed by atoms with Gasteiger partial charge in [0.15, 0.2) is 0 Å². The summed E-state index contributed by atoms with van der Waals surface area (Å²) in [6.45, 7) is 0. The molecule has 12 heteroatoms. The van der Waals surface area contributed by atoms with Crippen molar-refractivity contribution in [3.05, 3.63) is 61.5 Å². The fourth-order valence-electron chi connectivity index (χ4n) is 2.17. The van der Waals surface area contributed by atoms with Crippen LogP contribution in [0.2, 0.25) is 5.02 Å². The summed E-state index contributed by atoms with van der Waals surface area (Å²) in [6.07, 6.45) is -6.82. The summed E-state index contributed by atoms with van der Waals surface area (Å²) in [5.74, 6) is -6.50. The van der Waals surface area contributed by atoms with E-state index in [0.717, 1.165) is 6.07 Å². The number of benzene rings is 2. The predicted molar refractivity (Wildman–Crippen MR) is 98.5 cm³/mol. The highest BCUT2D eigenvalue weighted by molar-refractivity contribution is 9.11. The van der Waals surface area contributed by atoms with E-state index in [2.05, 4.69) is 31.9 Å². The number of alkyl halides is 7. The third-order valence-electron chi connectivity index (χ3n) is 3.60. The first kappa shape index (κ1) is 23.6. The first-order valence-corrected chi connectivity index (χ1v) is 10.3. The van der Waals surface area contributed by atoms with E-state index in [0.29, 0.717) is 5.56 Å². The van der Waals surface area contributed by atoms with Crippen molar-refractivity contribution in [3.8, 4) is 0 Å². The lowest BCUT2D eigenvalue weighted by Gasteiger charge is -2.28. The maximum atomic E-state index is 14.0. The number of halogens is 10. The maximum Gasteiger partial charge on any atom is 0.461 e. The van der Waals surface area contributed by atoms with Crippen molar-refractivity contribution in [2.45, 2.75) is 28.7 Å². The van der Waals surface area contributed by atoms with Gasteiger partial charge in [0.1, 0.15) is 10.8 Å². The van der Waals surface area contributed by atoms with Gasteiger partial charge >= 0.3 is 17.4 Å². The summed E-state index contributed by atoms with van der Waals surface area (Å²) in [6, 6.07) is 8.30. The SMILES string of the molecule is O=S(c1cc(Br)cc(Br)c1Cc1ccccc1Cl)C(F)(F)C(F)(F)C(F)(F)F. The monoisotopic (exact) mass is 574 g/mol. The van der Waals surface area contributed by atoms with Crippen LogP contribution < -0.4 is 0 Å². The summed E-state index contributed by atoms with van der Waals surface area (Å²) in [5, 5.41) is -5.69. The van der Waals surface area contributed by atoms with Crippen LogP contribution in [0.25, 0.3) is 0 Å². The molecule has 0 spiro atoms. The van der Waals surface area contributed by atoms with E-state index in [-0.39, 0.29) is 26.0 Å². The molecular formula is C16H8Br2ClF7OS. The van der Waals surface area contributed by atoms with Crippen LogP contribution in [-0.2, 0) is 17.2 Å². The highest BCUT2D eigenvalue weighted by atomic mass is 79.9. The molecule has 154 valence electrons. The number of hydrogen-bond acceptors (Lipinski definition) is 1. The Labute approximate surface area is 179 Å². The van der Waals surface area contributed by atoms with Gasteiger partial charge in [0.25, 0.3) is 0 Å². The Bertz CT molecular complexity index is 918. The Morgan fingerprint density at radius 1 is 0.964 bits per heavy atom. The molecule has 1 unspecified atom stereocenters. The largest absolute Gasteiger partial charge is 0.461 e. The second-order valence-corrected chi connectivity index (χ2v) is 9.16. The van der Waals surface area contributed by atoms with Gasteiger partial charge in [0.05, 0.1) is 4.90 Å².